The molecule has 1 unspecified atom stereocenters. The third-order valence-corrected chi connectivity index (χ3v) is 4.47. The first kappa shape index (κ1) is 15.3. The van der Waals surface area contributed by atoms with E-state index < -0.39 is 6.10 Å². The molecule has 1 aromatic rings. The summed E-state index contributed by atoms with van der Waals surface area (Å²) >= 11 is 0. The number of methoxy groups -OCH3 is 1. The fourth-order valence-electron chi connectivity index (χ4n) is 2.98. The maximum Gasteiger partial charge on any atom is 0.123 e. The first-order chi connectivity index (χ1) is 9.63. The van der Waals surface area contributed by atoms with Gasteiger partial charge in [0.2, 0.25) is 0 Å². The van der Waals surface area contributed by atoms with Crippen molar-refractivity contribution in [2.24, 2.45) is 5.92 Å². The lowest BCUT2D eigenvalue weighted by Gasteiger charge is -2.31. The van der Waals surface area contributed by atoms with Gasteiger partial charge in [-0.25, -0.2) is 0 Å². The number of benzene rings is 1. The second-order valence-corrected chi connectivity index (χ2v) is 5.88. The Morgan fingerprint density at radius 1 is 1.35 bits per heavy atom. The van der Waals surface area contributed by atoms with Crippen LogP contribution < -0.4 is 4.74 Å². The third-order valence-electron chi connectivity index (χ3n) is 4.47. The summed E-state index contributed by atoms with van der Waals surface area (Å²) in [5.74, 6) is 1.82. The highest BCUT2D eigenvalue weighted by Gasteiger charge is 2.19. The monoisotopic (exact) mass is 277 g/mol. The van der Waals surface area contributed by atoms with Crippen LogP contribution in [0.25, 0.3) is 0 Å². The first-order valence-corrected chi connectivity index (χ1v) is 7.71. The zero-order valence-electron chi connectivity index (χ0n) is 12.9. The van der Waals surface area contributed by atoms with Gasteiger partial charge >= 0.3 is 0 Å². The topological polar surface area (TPSA) is 32.7 Å². The normalized spacial score (nSPS) is 19.0. The predicted octanol–water partition coefficient (Wildman–Crippen LogP) is 3.37. The van der Waals surface area contributed by atoms with Crippen LogP contribution in [0.1, 0.15) is 50.3 Å². The minimum atomic E-state index is -0.425. The van der Waals surface area contributed by atoms with Gasteiger partial charge in [0.15, 0.2) is 0 Å². The van der Waals surface area contributed by atoms with Gasteiger partial charge in [0.1, 0.15) is 5.75 Å². The predicted molar refractivity (Wildman–Crippen MR) is 81.9 cm³/mol. The zero-order chi connectivity index (χ0) is 14.5. The number of aliphatic hydroxyl groups is 1. The quantitative estimate of drug-likeness (QED) is 0.895. The van der Waals surface area contributed by atoms with E-state index in [-0.39, 0.29) is 0 Å². The van der Waals surface area contributed by atoms with E-state index in [0.717, 1.165) is 23.8 Å². The molecular weight excluding hydrogens is 250 g/mol. The number of ether oxygens (including phenoxy) is 1. The van der Waals surface area contributed by atoms with Crippen LogP contribution >= 0.6 is 0 Å². The average molecular weight is 277 g/mol. The van der Waals surface area contributed by atoms with Crippen LogP contribution in [0.15, 0.2) is 18.2 Å². The molecule has 0 amide bonds. The molecule has 1 N–H and O–H groups in total. The Balaban J connectivity index is 2.06. The molecule has 20 heavy (non-hydrogen) atoms. The molecule has 1 aromatic carbocycles. The fraction of sp³-hybridized carbons (Fsp3) is 0.647. The van der Waals surface area contributed by atoms with Crippen LogP contribution in [0.4, 0.5) is 0 Å². The molecular formula is C17H27NO2. The molecule has 1 heterocycles. The van der Waals surface area contributed by atoms with E-state index in [0.29, 0.717) is 0 Å². The Kier molecular flexibility index (Phi) is 5.44. The van der Waals surface area contributed by atoms with Crippen LogP contribution in [0, 0.1) is 5.92 Å². The van der Waals surface area contributed by atoms with Crippen LogP contribution in [0.3, 0.4) is 0 Å². The molecule has 3 heteroatoms. The van der Waals surface area contributed by atoms with E-state index in [1.165, 1.54) is 37.9 Å². The van der Waals surface area contributed by atoms with Crippen molar-refractivity contribution in [1.82, 2.24) is 4.90 Å². The minimum absolute atomic E-state index is 0.425. The van der Waals surface area contributed by atoms with E-state index in [4.69, 9.17) is 4.74 Å². The molecule has 3 nitrogen and oxygen atoms in total. The summed E-state index contributed by atoms with van der Waals surface area (Å²) in [6.45, 7) is 7.34. The van der Waals surface area contributed by atoms with Crippen LogP contribution in [-0.4, -0.2) is 30.2 Å². The van der Waals surface area contributed by atoms with Crippen molar-refractivity contribution in [1.29, 1.82) is 0 Å². The molecule has 0 bridgehead atoms. The number of nitrogens with zero attached hydrogens (tertiary/aromatic N) is 1. The smallest absolute Gasteiger partial charge is 0.123 e. The minimum Gasteiger partial charge on any atom is -0.496 e. The highest BCUT2D eigenvalue weighted by molar-refractivity contribution is 5.38. The van der Waals surface area contributed by atoms with Crippen molar-refractivity contribution in [3.63, 3.8) is 0 Å². The van der Waals surface area contributed by atoms with Gasteiger partial charge in [-0.3, -0.25) is 4.90 Å². The van der Waals surface area contributed by atoms with Crippen molar-refractivity contribution >= 4 is 0 Å². The van der Waals surface area contributed by atoms with Crippen molar-refractivity contribution in [2.45, 2.75) is 45.8 Å². The van der Waals surface area contributed by atoms with Gasteiger partial charge in [-0.15, -0.1) is 0 Å². The van der Waals surface area contributed by atoms with Gasteiger partial charge in [0.05, 0.1) is 13.2 Å². The van der Waals surface area contributed by atoms with Crippen LogP contribution in [0.2, 0.25) is 0 Å². The lowest BCUT2D eigenvalue weighted by atomic mass is 9.94. The van der Waals surface area contributed by atoms with E-state index in [2.05, 4.69) is 17.9 Å². The lowest BCUT2D eigenvalue weighted by molar-refractivity contribution is 0.172. The van der Waals surface area contributed by atoms with Gasteiger partial charge in [0, 0.05) is 12.1 Å². The van der Waals surface area contributed by atoms with Gasteiger partial charge in [0.25, 0.3) is 0 Å². The molecule has 1 fully saturated rings. The lowest BCUT2D eigenvalue weighted by Crippen LogP contribution is -2.33. The molecule has 1 aliphatic heterocycles. The molecule has 1 saturated heterocycles. The largest absolute Gasteiger partial charge is 0.496 e. The van der Waals surface area contributed by atoms with E-state index in [1.54, 1.807) is 14.0 Å². The van der Waals surface area contributed by atoms with Crippen molar-refractivity contribution in [2.75, 3.05) is 20.2 Å². The Bertz CT molecular complexity index is 423. The van der Waals surface area contributed by atoms with Crippen LogP contribution in [0.5, 0.6) is 5.75 Å². The summed E-state index contributed by atoms with van der Waals surface area (Å²) in [6, 6.07) is 5.99. The Morgan fingerprint density at radius 2 is 2.05 bits per heavy atom. The summed E-state index contributed by atoms with van der Waals surface area (Å²) in [5, 5.41) is 9.73. The molecule has 1 aliphatic rings. The molecule has 0 radical (unpaired) electrons. The van der Waals surface area contributed by atoms with Gasteiger partial charge in [-0.05, 0) is 56.5 Å². The van der Waals surface area contributed by atoms with E-state index >= 15 is 0 Å². The van der Waals surface area contributed by atoms with Crippen molar-refractivity contribution < 1.29 is 9.84 Å². The number of aliphatic hydroxyl groups excluding tert-OH is 1. The third kappa shape index (κ3) is 3.74. The number of rotatable bonds is 5. The van der Waals surface area contributed by atoms with E-state index in [9.17, 15) is 5.11 Å². The molecule has 112 valence electrons. The van der Waals surface area contributed by atoms with Crippen molar-refractivity contribution in [3.05, 3.63) is 29.3 Å². The highest BCUT2D eigenvalue weighted by atomic mass is 16.5. The molecule has 0 aromatic heterocycles. The average Bonchev–Trinajstić information content (AvgIpc) is 2.48. The second-order valence-electron chi connectivity index (χ2n) is 5.88. The SMILES string of the molecule is CCC1CCN(Cc2cc(C(C)O)ccc2OC)CC1. The first-order valence-electron chi connectivity index (χ1n) is 7.71. The summed E-state index contributed by atoms with van der Waals surface area (Å²) in [7, 11) is 1.71. The summed E-state index contributed by atoms with van der Waals surface area (Å²) < 4.78 is 5.46. The van der Waals surface area contributed by atoms with Gasteiger partial charge in [-0.1, -0.05) is 19.4 Å². The molecule has 1 atom stereocenters. The number of likely N-dealkylation sites (tertiary alicyclic amines) is 1. The molecule has 0 aliphatic carbocycles. The Labute approximate surface area is 122 Å². The number of hydrogen-bond donors (Lipinski definition) is 1. The zero-order valence-corrected chi connectivity index (χ0v) is 12.9. The fourth-order valence-corrected chi connectivity index (χ4v) is 2.98. The highest BCUT2D eigenvalue weighted by Crippen LogP contribution is 2.27. The number of hydrogen-bond acceptors (Lipinski definition) is 3. The maximum atomic E-state index is 9.73. The molecule has 0 saturated carbocycles. The molecule has 0 spiro atoms. The van der Waals surface area contributed by atoms with Crippen LogP contribution in [-0.2, 0) is 6.54 Å². The summed E-state index contributed by atoms with van der Waals surface area (Å²) in [5.41, 5.74) is 2.14. The molecule has 2 rings (SSSR count). The maximum absolute atomic E-state index is 9.73. The van der Waals surface area contributed by atoms with Gasteiger partial charge < -0.3 is 9.84 Å². The standard InChI is InChI=1S/C17H27NO2/c1-4-14-7-9-18(10-8-14)12-16-11-15(13(2)19)5-6-17(16)20-3/h5-6,11,13-14,19H,4,7-10,12H2,1-3H3. The summed E-state index contributed by atoms with van der Waals surface area (Å²) in [6.07, 6.45) is 3.48. The van der Waals surface area contributed by atoms with Gasteiger partial charge in [-0.2, -0.15) is 0 Å². The number of piperidine rings is 1. The Hall–Kier alpha value is -1.06. The van der Waals surface area contributed by atoms with Crippen molar-refractivity contribution in [3.8, 4) is 5.75 Å². The summed E-state index contributed by atoms with van der Waals surface area (Å²) in [4.78, 5) is 2.50. The van der Waals surface area contributed by atoms with E-state index in [1.807, 2.05) is 12.1 Å². The Morgan fingerprint density at radius 3 is 2.60 bits per heavy atom. The second kappa shape index (κ2) is 7.09.